The Bertz CT molecular complexity index is 844. The van der Waals surface area contributed by atoms with E-state index in [1.807, 2.05) is 37.3 Å². The number of rotatable bonds is 4. The van der Waals surface area contributed by atoms with Gasteiger partial charge in [-0.3, -0.25) is 0 Å². The first-order valence-electron chi connectivity index (χ1n) is 7.93. The van der Waals surface area contributed by atoms with Gasteiger partial charge in [-0.15, -0.1) is 0 Å². The third-order valence-corrected chi connectivity index (χ3v) is 4.16. The average molecular weight is 344 g/mol. The molecule has 0 aromatic heterocycles. The highest BCUT2D eigenvalue weighted by molar-refractivity contribution is 5.65. The summed E-state index contributed by atoms with van der Waals surface area (Å²) in [7, 11) is 0. The predicted molar refractivity (Wildman–Crippen MR) is 90.3 cm³/mol. The lowest BCUT2D eigenvalue weighted by atomic mass is 9.92. The number of hydrogen-bond donors (Lipinski definition) is 0. The lowest BCUT2D eigenvalue weighted by molar-refractivity contribution is 0.575. The van der Waals surface area contributed by atoms with Crippen LogP contribution in [0, 0.1) is 23.3 Å². The van der Waals surface area contributed by atoms with E-state index in [2.05, 4.69) is 0 Å². The molecule has 0 aliphatic heterocycles. The maximum atomic E-state index is 14.4. The van der Waals surface area contributed by atoms with E-state index >= 15 is 0 Å². The molecule has 0 aliphatic rings. The van der Waals surface area contributed by atoms with E-state index < -0.39 is 28.8 Å². The van der Waals surface area contributed by atoms with Crippen LogP contribution in [-0.2, 0) is 6.42 Å². The Morgan fingerprint density at radius 2 is 1.32 bits per heavy atom. The third-order valence-electron chi connectivity index (χ3n) is 4.16. The van der Waals surface area contributed by atoms with E-state index in [1.54, 1.807) is 0 Å². The van der Waals surface area contributed by atoms with Gasteiger partial charge in [-0.1, -0.05) is 37.3 Å². The van der Waals surface area contributed by atoms with Crippen molar-refractivity contribution in [2.45, 2.75) is 19.3 Å². The highest BCUT2D eigenvalue weighted by Crippen LogP contribution is 2.30. The summed E-state index contributed by atoms with van der Waals surface area (Å²) < 4.78 is 55.5. The summed E-state index contributed by atoms with van der Waals surface area (Å²) in [6, 6.07) is 14.6. The van der Waals surface area contributed by atoms with Crippen molar-refractivity contribution in [3.8, 4) is 11.1 Å². The van der Waals surface area contributed by atoms with Gasteiger partial charge in [0.05, 0.1) is 5.56 Å². The van der Waals surface area contributed by atoms with Crippen LogP contribution >= 0.6 is 0 Å². The molecule has 0 saturated carbocycles. The van der Waals surface area contributed by atoms with Crippen LogP contribution < -0.4 is 0 Å². The lowest BCUT2D eigenvalue weighted by Gasteiger charge is -2.14. The SMILES string of the molecule is CC(Cc1cc(F)c(-c2cc(F)cc(F)c2)c(F)c1)c1ccccc1. The van der Waals surface area contributed by atoms with E-state index in [4.69, 9.17) is 0 Å². The van der Waals surface area contributed by atoms with Crippen molar-refractivity contribution in [3.63, 3.8) is 0 Å². The highest BCUT2D eigenvalue weighted by Gasteiger charge is 2.16. The molecule has 0 aliphatic carbocycles. The van der Waals surface area contributed by atoms with Crippen LogP contribution in [0.2, 0.25) is 0 Å². The zero-order valence-electron chi connectivity index (χ0n) is 13.6. The molecular weight excluding hydrogens is 328 g/mol. The minimum absolute atomic E-state index is 0.0810. The third kappa shape index (κ3) is 3.90. The molecule has 1 unspecified atom stereocenters. The Hall–Kier alpha value is -2.62. The number of hydrogen-bond acceptors (Lipinski definition) is 0. The van der Waals surface area contributed by atoms with E-state index in [9.17, 15) is 17.6 Å². The molecule has 0 saturated heterocycles. The molecule has 3 aromatic carbocycles. The summed E-state index contributed by atoms with van der Waals surface area (Å²) >= 11 is 0. The minimum Gasteiger partial charge on any atom is -0.207 e. The second kappa shape index (κ2) is 7.09. The quantitative estimate of drug-likeness (QED) is 0.490. The summed E-state index contributed by atoms with van der Waals surface area (Å²) in [5, 5.41) is 0. The summed E-state index contributed by atoms with van der Waals surface area (Å²) in [6.07, 6.45) is 0.454. The average Bonchev–Trinajstić information content (AvgIpc) is 2.54. The van der Waals surface area contributed by atoms with Crippen LogP contribution in [0.3, 0.4) is 0 Å². The zero-order valence-corrected chi connectivity index (χ0v) is 13.6. The van der Waals surface area contributed by atoms with E-state index in [-0.39, 0.29) is 11.5 Å². The Morgan fingerprint density at radius 1 is 0.760 bits per heavy atom. The smallest absolute Gasteiger partial charge is 0.134 e. The standard InChI is InChI=1S/C21H16F4/c1-13(15-5-3-2-4-6-15)7-14-8-19(24)21(20(25)9-14)16-10-17(22)12-18(23)11-16/h2-6,8-13H,7H2,1H3. The molecular formula is C21H16F4. The fraction of sp³-hybridized carbons (Fsp3) is 0.143. The molecule has 0 amide bonds. The summed E-state index contributed by atoms with van der Waals surface area (Å²) in [6.45, 7) is 1.97. The molecule has 3 aromatic rings. The van der Waals surface area contributed by atoms with Gasteiger partial charge < -0.3 is 0 Å². The van der Waals surface area contributed by atoms with Gasteiger partial charge in [0.1, 0.15) is 23.3 Å². The molecule has 0 spiro atoms. The fourth-order valence-corrected chi connectivity index (χ4v) is 2.97. The van der Waals surface area contributed by atoms with Gasteiger partial charge in [0, 0.05) is 6.07 Å². The minimum atomic E-state index is -0.879. The normalized spacial score (nSPS) is 12.2. The second-order valence-electron chi connectivity index (χ2n) is 6.11. The molecule has 0 nitrogen and oxygen atoms in total. The van der Waals surface area contributed by atoms with Crippen LogP contribution in [0.15, 0.2) is 60.7 Å². The lowest BCUT2D eigenvalue weighted by Crippen LogP contribution is -2.01. The van der Waals surface area contributed by atoms with Crippen molar-refractivity contribution in [3.05, 3.63) is 95.1 Å². The van der Waals surface area contributed by atoms with Gasteiger partial charge in [-0.05, 0) is 53.3 Å². The van der Waals surface area contributed by atoms with E-state index in [0.717, 1.165) is 17.7 Å². The van der Waals surface area contributed by atoms with Gasteiger partial charge in [0.2, 0.25) is 0 Å². The molecule has 0 fully saturated rings. The Balaban J connectivity index is 1.92. The van der Waals surface area contributed by atoms with Crippen LogP contribution in [-0.4, -0.2) is 0 Å². The predicted octanol–water partition coefficient (Wildman–Crippen LogP) is 6.26. The Morgan fingerprint density at radius 3 is 1.88 bits per heavy atom. The Kier molecular flexibility index (Phi) is 4.88. The second-order valence-corrected chi connectivity index (χ2v) is 6.11. The molecule has 4 heteroatoms. The van der Waals surface area contributed by atoms with Gasteiger partial charge in [-0.25, -0.2) is 17.6 Å². The fourth-order valence-electron chi connectivity index (χ4n) is 2.97. The largest absolute Gasteiger partial charge is 0.207 e. The van der Waals surface area contributed by atoms with Crippen LogP contribution in [0.1, 0.15) is 24.0 Å². The molecule has 0 heterocycles. The van der Waals surface area contributed by atoms with Crippen molar-refractivity contribution < 1.29 is 17.6 Å². The zero-order chi connectivity index (χ0) is 18.0. The maximum Gasteiger partial charge on any atom is 0.134 e. The van der Waals surface area contributed by atoms with Gasteiger partial charge >= 0.3 is 0 Å². The molecule has 0 radical (unpaired) electrons. The van der Waals surface area contributed by atoms with Crippen molar-refractivity contribution >= 4 is 0 Å². The van der Waals surface area contributed by atoms with Crippen LogP contribution in [0.4, 0.5) is 17.6 Å². The van der Waals surface area contributed by atoms with Crippen molar-refractivity contribution in [2.24, 2.45) is 0 Å². The van der Waals surface area contributed by atoms with Gasteiger partial charge in [0.15, 0.2) is 0 Å². The first-order valence-corrected chi connectivity index (χ1v) is 7.93. The monoisotopic (exact) mass is 344 g/mol. The maximum absolute atomic E-state index is 14.4. The highest BCUT2D eigenvalue weighted by atomic mass is 19.1. The summed E-state index contributed by atoms with van der Waals surface area (Å²) in [4.78, 5) is 0. The van der Waals surface area contributed by atoms with Crippen molar-refractivity contribution in [2.75, 3.05) is 0 Å². The van der Waals surface area contributed by atoms with Crippen molar-refractivity contribution in [1.82, 2.24) is 0 Å². The van der Waals surface area contributed by atoms with E-state index in [1.165, 1.54) is 12.1 Å². The molecule has 0 bridgehead atoms. The molecule has 3 rings (SSSR count). The summed E-state index contributed by atoms with van der Waals surface area (Å²) in [5.74, 6) is -3.34. The number of halogens is 4. The van der Waals surface area contributed by atoms with Gasteiger partial charge in [-0.2, -0.15) is 0 Å². The van der Waals surface area contributed by atoms with Crippen LogP contribution in [0.5, 0.6) is 0 Å². The molecule has 1 atom stereocenters. The van der Waals surface area contributed by atoms with E-state index in [0.29, 0.717) is 18.1 Å². The molecule has 25 heavy (non-hydrogen) atoms. The first kappa shape index (κ1) is 17.2. The van der Waals surface area contributed by atoms with Crippen LogP contribution in [0.25, 0.3) is 11.1 Å². The number of benzene rings is 3. The first-order chi connectivity index (χ1) is 11.9. The van der Waals surface area contributed by atoms with Crippen molar-refractivity contribution in [1.29, 1.82) is 0 Å². The Labute approximate surface area is 143 Å². The molecule has 128 valence electrons. The topological polar surface area (TPSA) is 0 Å². The molecule has 0 N–H and O–H groups in total. The van der Waals surface area contributed by atoms with Gasteiger partial charge in [0.25, 0.3) is 0 Å². The summed E-state index contributed by atoms with van der Waals surface area (Å²) in [5.41, 5.74) is 0.983.